The van der Waals surface area contributed by atoms with Gasteiger partial charge in [0.25, 0.3) is 0 Å². The number of hydrogen-bond donors (Lipinski definition) is 1. The summed E-state index contributed by atoms with van der Waals surface area (Å²) in [4.78, 5) is 21.5. The van der Waals surface area contributed by atoms with Crippen LogP contribution in [0.4, 0.5) is 5.82 Å². The van der Waals surface area contributed by atoms with Crippen LogP contribution in [0.1, 0.15) is 39.5 Å². The molecule has 1 unspecified atom stereocenters. The molecule has 1 aliphatic carbocycles. The summed E-state index contributed by atoms with van der Waals surface area (Å²) < 4.78 is 6.28. The third-order valence-corrected chi connectivity index (χ3v) is 7.07. The van der Waals surface area contributed by atoms with Gasteiger partial charge in [0.1, 0.15) is 5.82 Å². The van der Waals surface area contributed by atoms with Crippen molar-refractivity contribution in [3.05, 3.63) is 35.9 Å². The maximum atomic E-state index is 11.8. The largest absolute Gasteiger partial charge is 0.384 e. The summed E-state index contributed by atoms with van der Waals surface area (Å²) >= 11 is 1.78. The van der Waals surface area contributed by atoms with Crippen molar-refractivity contribution >= 4 is 33.1 Å². The first-order valence-electron chi connectivity index (χ1n) is 12.0. The van der Waals surface area contributed by atoms with Crippen molar-refractivity contribution in [3.63, 3.8) is 0 Å². The second-order valence-electron chi connectivity index (χ2n) is 8.22. The number of carbonyl (C=O) groups excluding carboxylic acids is 1. The van der Waals surface area contributed by atoms with E-state index in [0.717, 1.165) is 51.4 Å². The predicted octanol–water partition coefficient (Wildman–Crippen LogP) is 4.32. The number of amides is 1. The molecule has 2 atom stereocenters. The summed E-state index contributed by atoms with van der Waals surface area (Å²) in [5, 5.41) is 6.52. The summed E-state index contributed by atoms with van der Waals surface area (Å²) in [5.74, 6) is 1.84. The highest BCUT2D eigenvalue weighted by atomic mass is 32.1. The highest BCUT2D eigenvalue weighted by Gasteiger charge is 2.22. The Morgan fingerprint density at radius 3 is 2.72 bits per heavy atom. The number of fused-ring (bicyclic) bond motifs is 1. The van der Waals surface area contributed by atoms with Gasteiger partial charge in [0.15, 0.2) is 0 Å². The van der Waals surface area contributed by atoms with Crippen LogP contribution in [0.5, 0.6) is 0 Å². The monoisotopic (exact) mass is 458 g/mol. The highest BCUT2D eigenvalue weighted by Crippen LogP contribution is 2.29. The summed E-state index contributed by atoms with van der Waals surface area (Å²) in [6.45, 7) is 9.89. The Bertz CT molecular complexity index is 860. The van der Waals surface area contributed by atoms with Gasteiger partial charge in [-0.15, -0.1) is 11.3 Å². The Morgan fingerprint density at radius 1 is 1.19 bits per heavy atom. The maximum absolute atomic E-state index is 11.8. The van der Waals surface area contributed by atoms with Gasteiger partial charge in [0.05, 0.1) is 6.61 Å². The molecule has 2 aromatic rings. The van der Waals surface area contributed by atoms with Crippen LogP contribution < -0.4 is 10.2 Å². The van der Waals surface area contributed by atoms with Crippen LogP contribution in [-0.2, 0) is 9.53 Å². The van der Waals surface area contributed by atoms with Gasteiger partial charge in [0, 0.05) is 62.0 Å². The van der Waals surface area contributed by atoms with E-state index in [4.69, 9.17) is 4.74 Å². The molecule has 7 heteroatoms. The molecule has 1 N–H and O–H groups in total. The summed E-state index contributed by atoms with van der Waals surface area (Å²) in [7, 11) is 1.62. The minimum Gasteiger partial charge on any atom is -0.384 e. The number of methoxy groups -OCH3 is 1. The Hall–Kier alpha value is -1.96. The van der Waals surface area contributed by atoms with Crippen molar-refractivity contribution in [1.82, 2.24) is 15.2 Å². The molecule has 2 aromatic heterocycles. The fraction of sp³-hybridized carbons (Fsp3) is 0.600. The zero-order chi connectivity index (χ0) is 22.8. The van der Waals surface area contributed by atoms with E-state index in [1.807, 2.05) is 20.0 Å². The van der Waals surface area contributed by atoms with Gasteiger partial charge in [0.2, 0.25) is 5.91 Å². The number of anilines is 1. The normalized spacial score (nSPS) is 21.3. The van der Waals surface area contributed by atoms with Gasteiger partial charge in [-0.3, -0.25) is 9.69 Å². The van der Waals surface area contributed by atoms with E-state index in [9.17, 15) is 4.79 Å². The van der Waals surface area contributed by atoms with Gasteiger partial charge in [-0.05, 0) is 49.2 Å². The van der Waals surface area contributed by atoms with Gasteiger partial charge in [-0.25, -0.2) is 4.98 Å². The molecule has 0 bridgehead atoms. The molecular weight excluding hydrogens is 420 g/mol. The lowest BCUT2D eigenvalue weighted by Crippen LogP contribution is -2.47. The van der Waals surface area contributed by atoms with Crippen molar-refractivity contribution < 1.29 is 9.53 Å². The SMILES string of the molecule is CC.COCCC(=O)NC1C=C[C@@H](CCN2CCN(c3nccc4sccc34)CC2)CC1. The molecule has 1 saturated heterocycles. The number of piperazine rings is 1. The number of nitrogens with zero attached hydrogens (tertiary/aromatic N) is 3. The number of pyridine rings is 1. The minimum absolute atomic E-state index is 0.0791. The summed E-state index contributed by atoms with van der Waals surface area (Å²) in [6, 6.07) is 4.48. The number of hydrogen-bond acceptors (Lipinski definition) is 6. The standard InChI is InChI=1S/C23H32N4O2S.C2H6/c1-29-16-8-22(28)25-19-4-2-18(3-5-19)7-11-26-12-14-27(15-13-26)23-20-9-17-30-21(20)6-10-24-23;1-2/h2,4,6,9-10,17-19H,3,5,7-8,11-16H2,1H3,(H,25,28);1-2H3/t18-,19?;/m1./s1. The molecule has 0 aromatic carbocycles. The molecule has 0 spiro atoms. The van der Waals surface area contributed by atoms with E-state index in [-0.39, 0.29) is 11.9 Å². The van der Waals surface area contributed by atoms with Crippen LogP contribution in [-0.4, -0.2) is 68.3 Å². The Morgan fingerprint density at radius 2 is 2.00 bits per heavy atom. The quantitative estimate of drug-likeness (QED) is 0.597. The van der Waals surface area contributed by atoms with Gasteiger partial charge < -0.3 is 15.0 Å². The van der Waals surface area contributed by atoms with Crippen molar-refractivity contribution in [3.8, 4) is 0 Å². The van der Waals surface area contributed by atoms with Crippen LogP contribution in [0.2, 0.25) is 0 Å². The second kappa shape index (κ2) is 12.9. The van der Waals surface area contributed by atoms with E-state index < -0.39 is 0 Å². The zero-order valence-corrected chi connectivity index (χ0v) is 20.6. The smallest absolute Gasteiger partial charge is 0.222 e. The Kier molecular flexibility index (Phi) is 9.96. The Balaban J connectivity index is 0.00000141. The molecule has 6 nitrogen and oxygen atoms in total. The van der Waals surface area contributed by atoms with E-state index >= 15 is 0 Å². The molecule has 0 radical (unpaired) electrons. The lowest BCUT2D eigenvalue weighted by atomic mass is 9.90. The first kappa shape index (κ1) is 24.7. The number of carbonyl (C=O) groups is 1. The first-order chi connectivity index (χ1) is 15.7. The van der Waals surface area contributed by atoms with Crippen molar-refractivity contribution in [2.45, 2.75) is 45.6 Å². The molecule has 32 heavy (non-hydrogen) atoms. The van der Waals surface area contributed by atoms with Gasteiger partial charge >= 0.3 is 0 Å². The molecule has 2 aliphatic rings. The van der Waals surface area contributed by atoms with Crippen molar-refractivity contribution in [2.24, 2.45) is 5.92 Å². The van der Waals surface area contributed by atoms with E-state index in [1.54, 1.807) is 18.4 Å². The fourth-order valence-corrected chi connectivity index (χ4v) is 5.15. The number of rotatable bonds is 8. The fourth-order valence-electron chi connectivity index (χ4n) is 4.38. The van der Waals surface area contributed by atoms with Crippen molar-refractivity contribution in [1.29, 1.82) is 0 Å². The second-order valence-corrected chi connectivity index (χ2v) is 9.17. The molecule has 3 heterocycles. The predicted molar refractivity (Wildman–Crippen MR) is 135 cm³/mol. The third-order valence-electron chi connectivity index (χ3n) is 6.19. The van der Waals surface area contributed by atoms with Crippen LogP contribution in [0.3, 0.4) is 0 Å². The molecule has 1 fully saturated rings. The van der Waals surface area contributed by atoms with Crippen molar-refractivity contribution in [2.75, 3.05) is 51.3 Å². The van der Waals surface area contributed by atoms with Gasteiger partial charge in [-0.1, -0.05) is 26.0 Å². The molecule has 176 valence electrons. The summed E-state index contributed by atoms with van der Waals surface area (Å²) in [5.41, 5.74) is 0. The molecule has 0 saturated carbocycles. The molecular formula is C25H38N4O2S. The van der Waals surface area contributed by atoms with Crippen LogP contribution >= 0.6 is 11.3 Å². The zero-order valence-electron chi connectivity index (χ0n) is 19.8. The van der Waals surface area contributed by atoms with Crippen LogP contribution in [0.15, 0.2) is 35.9 Å². The van der Waals surface area contributed by atoms with Gasteiger partial charge in [-0.2, -0.15) is 0 Å². The van der Waals surface area contributed by atoms with E-state index in [2.05, 4.69) is 49.8 Å². The minimum atomic E-state index is 0.0791. The topological polar surface area (TPSA) is 57.7 Å². The average Bonchev–Trinajstić information content (AvgIpc) is 3.33. The molecule has 1 aliphatic heterocycles. The van der Waals surface area contributed by atoms with Crippen LogP contribution in [0.25, 0.3) is 10.1 Å². The number of nitrogens with one attached hydrogen (secondary N) is 1. The third kappa shape index (κ3) is 6.77. The maximum Gasteiger partial charge on any atom is 0.222 e. The number of aromatic nitrogens is 1. The lowest BCUT2D eigenvalue weighted by Gasteiger charge is -2.36. The molecule has 4 rings (SSSR count). The Labute approximate surface area is 196 Å². The number of allylic oxidation sites excluding steroid dienone is 1. The number of ether oxygens (including phenoxy) is 1. The first-order valence-corrected chi connectivity index (χ1v) is 12.9. The summed E-state index contributed by atoms with van der Waals surface area (Å²) in [6.07, 6.45) is 10.2. The number of thiophene rings is 1. The molecule has 1 amide bonds. The van der Waals surface area contributed by atoms with E-state index in [1.165, 1.54) is 16.5 Å². The van der Waals surface area contributed by atoms with E-state index in [0.29, 0.717) is 18.9 Å². The van der Waals surface area contributed by atoms with Crippen LogP contribution in [0, 0.1) is 5.92 Å². The average molecular weight is 459 g/mol. The lowest BCUT2D eigenvalue weighted by molar-refractivity contribution is -0.122. The highest BCUT2D eigenvalue weighted by molar-refractivity contribution is 7.17.